The van der Waals surface area contributed by atoms with Crippen molar-refractivity contribution in [1.82, 2.24) is 5.32 Å². The minimum atomic E-state index is -0.593. The van der Waals surface area contributed by atoms with Crippen molar-refractivity contribution in [1.29, 1.82) is 0 Å². The van der Waals surface area contributed by atoms with Crippen molar-refractivity contribution in [2.24, 2.45) is 0 Å². The first-order valence-electron chi connectivity index (χ1n) is 5.07. The predicted molar refractivity (Wildman–Crippen MR) is 66.4 cm³/mol. The highest BCUT2D eigenvalue weighted by Crippen LogP contribution is 2.13. The number of halogens is 2. The standard InChI is InChI=1S/C12H18FNO.ClH/c1-12(2,3)14-8-11(15)9-4-6-10(13)7-5-9;/h4-7,11,14-15H,8H2,1-3H3;1H. The van der Waals surface area contributed by atoms with Gasteiger partial charge in [0.15, 0.2) is 0 Å². The van der Waals surface area contributed by atoms with Crippen molar-refractivity contribution in [2.45, 2.75) is 32.4 Å². The summed E-state index contributed by atoms with van der Waals surface area (Å²) in [5.74, 6) is -0.283. The molecule has 1 aromatic carbocycles. The SMILES string of the molecule is CC(C)(C)NCC(O)c1ccc(F)cc1.Cl. The monoisotopic (exact) mass is 247 g/mol. The van der Waals surface area contributed by atoms with Gasteiger partial charge in [0.05, 0.1) is 6.10 Å². The number of aliphatic hydroxyl groups is 1. The summed E-state index contributed by atoms with van der Waals surface area (Å²) in [7, 11) is 0. The van der Waals surface area contributed by atoms with Crippen molar-refractivity contribution in [3.8, 4) is 0 Å². The molecule has 0 aliphatic carbocycles. The topological polar surface area (TPSA) is 32.3 Å². The van der Waals surface area contributed by atoms with E-state index in [2.05, 4.69) is 5.32 Å². The number of hydrogen-bond donors (Lipinski definition) is 2. The van der Waals surface area contributed by atoms with Crippen LogP contribution >= 0.6 is 12.4 Å². The highest BCUT2D eigenvalue weighted by atomic mass is 35.5. The molecule has 1 atom stereocenters. The first-order valence-corrected chi connectivity index (χ1v) is 5.07. The maximum absolute atomic E-state index is 12.6. The first-order chi connectivity index (χ1) is 6.88. The molecule has 0 radical (unpaired) electrons. The van der Waals surface area contributed by atoms with Gasteiger partial charge in [-0.3, -0.25) is 0 Å². The summed E-state index contributed by atoms with van der Waals surface area (Å²) < 4.78 is 12.6. The lowest BCUT2D eigenvalue weighted by Gasteiger charge is -2.23. The highest BCUT2D eigenvalue weighted by molar-refractivity contribution is 5.85. The molecule has 0 saturated carbocycles. The van der Waals surface area contributed by atoms with E-state index in [1.165, 1.54) is 12.1 Å². The molecule has 1 aromatic rings. The van der Waals surface area contributed by atoms with Gasteiger partial charge in [-0.05, 0) is 38.5 Å². The second-order valence-electron chi connectivity index (χ2n) is 4.70. The Morgan fingerprint density at radius 1 is 1.25 bits per heavy atom. The summed E-state index contributed by atoms with van der Waals surface area (Å²) in [5.41, 5.74) is 0.703. The van der Waals surface area contributed by atoms with Gasteiger partial charge < -0.3 is 10.4 Å². The fourth-order valence-corrected chi connectivity index (χ4v) is 1.21. The number of benzene rings is 1. The summed E-state index contributed by atoms with van der Waals surface area (Å²) in [6.45, 7) is 6.56. The van der Waals surface area contributed by atoms with E-state index in [1.807, 2.05) is 20.8 Å². The van der Waals surface area contributed by atoms with Crippen molar-refractivity contribution in [2.75, 3.05) is 6.54 Å². The summed E-state index contributed by atoms with van der Waals surface area (Å²) in [6.07, 6.45) is -0.593. The van der Waals surface area contributed by atoms with Crippen molar-refractivity contribution >= 4 is 12.4 Å². The van der Waals surface area contributed by atoms with Crippen LogP contribution in [-0.2, 0) is 0 Å². The van der Waals surface area contributed by atoms with Crippen LogP contribution in [0.3, 0.4) is 0 Å². The van der Waals surface area contributed by atoms with E-state index >= 15 is 0 Å². The van der Waals surface area contributed by atoms with E-state index in [9.17, 15) is 9.50 Å². The Bertz CT molecular complexity index is 308. The third kappa shape index (κ3) is 5.45. The Morgan fingerprint density at radius 2 is 1.75 bits per heavy atom. The zero-order chi connectivity index (χ0) is 11.5. The molecule has 0 aliphatic heterocycles. The van der Waals surface area contributed by atoms with Crippen LogP contribution in [0.25, 0.3) is 0 Å². The van der Waals surface area contributed by atoms with E-state index in [0.717, 1.165) is 5.56 Å². The summed E-state index contributed by atoms with van der Waals surface area (Å²) in [6, 6.07) is 5.92. The molecule has 0 aromatic heterocycles. The van der Waals surface area contributed by atoms with E-state index < -0.39 is 6.10 Å². The third-order valence-electron chi connectivity index (χ3n) is 2.08. The van der Waals surface area contributed by atoms with Gasteiger partial charge in [-0.15, -0.1) is 12.4 Å². The molecule has 0 bridgehead atoms. The average molecular weight is 248 g/mol. The fraction of sp³-hybridized carbons (Fsp3) is 0.500. The van der Waals surface area contributed by atoms with Crippen LogP contribution in [0.15, 0.2) is 24.3 Å². The van der Waals surface area contributed by atoms with Crippen molar-refractivity contribution < 1.29 is 9.50 Å². The molecular formula is C12H19ClFNO. The highest BCUT2D eigenvalue weighted by Gasteiger charge is 2.13. The van der Waals surface area contributed by atoms with Crippen LogP contribution < -0.4 is 5.32 Å². The van der Waals surface area contributed by atoms with Crippen LogP contribution in [0.1, 0.15) is 32.4 Å². The quantitative estimate of drug-likeness (QED) is 0.861. The van der Waals surface area contributed by atoms with Gasteiger partial charge >= 0.3 is 0 Å². The van der Waals surface area contributed by atoms with Crippen molar-refractivity contribution in [3.63, 3.8) is 0 Å². The van der Waals surface area contributed by atoms with Gasteiger partial charge in [-0.2, -0.15) is 0 Å². The molecule has 2 N–H and O–H groups in total. The van der Waals surface area contributed by atoms with Crippen LogP contribution in [0, 0.1) is 5.82 Å². The van der Waals surface area contributed by atoms with Gasteiger partial charge in [-0.1, -0.05) is 12.1 Å². The minimum Gasteiger partial charge on any atom is -0.387 e. The number of hydrogen-bond acceptors (Lipinski definition) is 2. The molecule has 2 nitrogen and oxygen atoms in total. The molecule has 92 valence electrons. The van der Waals surface area contributed by atoms with Gasteiger partial charge in [-0.25, -0.2) is 4.39 Å². The van der Waals surface area contributed by atoms with Gasteiger partial charge in [0, 0.05) is 12.1 Å². The molecule has 1 rings (SSSR count). The molecule has 1 unspecified atom stereocenters. The largest absolute Gasteiger partial charge is 0.387 e. The fourth-order valence-electron chi connectivity index (χ4n) is 1.21. The lowest BCUT2D eigenvalue weighted by molar-refractivity contribution is 0.163. The van der Waals surface area contributed by atoms with E-state index in [4.69, 9.17) is 0 Å². The number of β-amino-alcohol motifs (C(OH)–C–C–N with tert-alkyl or cyclic N) is 1. The minimum absolute atomic E-state index is 0. The van der Waals surface area contributed by atoms with E-state index in [0.29, 0.717) is 6.54 Å². The zero-order valence-corrected chi connectivity index (χ0v) is 10.6. The summed E-state index contributed by atoms with van der Waals surface area (Å²) >= 11 is 0. The Kier molecular flexibility index (Phi) is 5.94. The summed E-state index contributed by atoms with van der Waals surface area (Å²) in [4.78, 5) is 0. The number of nitrogens with one attached hydrogen (secondary N) is 1. The van der Waals surface area contributed by atoms with Gasteiger partial charge in [0.2, 0.25) is 0 Å². The van der Waals surface area contributed by atoms with Crippen LogP contribution in [0.5, 0.6) is 0 Å². The van der Waals surface area contributed by atoms with Crippen LogP contribution in [0.4, 0.5) is 4.39 Å². The zero-order valence-electron chi connectivity index (χ0n) is 9.83. The van der Waals surface area contributed by atoms with E-state index in [1.54, 1.807) is 12.1 Å². The Hall–Kier alpha value is -0.640. The second-order valence-corrected chi connectivity index (χ2v) is 4.70. The summed E-state index contributed by atoms with van der Waals surface area (Å²) in [5, 5.41) is 13.0. The Morgan fingerprint density at radius 3 is 2.19 bits per heavy atom. The molecule has 0 amide bonds. The lowest BCUT2D eigenvalue weighted by atomic mass is 10.1. The molecular weight excluding hydrogens is 229 g/mol. The smallest absolute Gasteiger partial charge is 0.123 e. The second kappa shape index (κ2) is 6.18. The molecule has 0 heterocycles. The predicted octanol–water partition coefficient (Wildman–Crippen LogP) is 2.67. The lowest BCUT2D eigenvalue weighted by Crippen LogP contribution is -2.38. The van der Waals surface area contributed by atoms with E-state index in [-0.39, 0.29) is 23.8 Å². The maximum Gasteiger partial charge on any atom is 0.123 e. The van der Waals surface area contributed by atoms with Crippen LogP contribution in [-0.4, -0.2) is 17.2 Å². The number of aliphatic hydroxyl groups excluding tert-OH is 1. The molecule has 0 saturated heterocycles. The van der Waals surface area contributed by atoms with Crippen LogP contribution in [0.2, 0.25) is 0 Å². The van der Waals surface area contributed by atoms with Gasteiger partial charge in [0.1, 0.15) is 5.82 Å². The maximum atomic E-state index is 12.6. The Labute approximate surface area is 102 Å². The number of rotatable bonds is 3. The molecule has 16 heavy (non-hydrogen) atoms. The normalized spacial score (nSPS) is 13.1. The molecule has 4 heteroatoms. The van der Waals surface area contributed by atoms with Crippen molar-refractivity contribution in [3.05, 3.63) is 35.6 Å². The first kappa shape index (κ1) is 15.4. The molecule has 0 fully saturated rings. The molecule has 0 aliphatic rings. The average Bonchev–Trinajstić information content (AvgIpc) is 2.14. The van der Waals surface area contributed by atoms with Gasteiger partial charge in [0.25, 0.3) is 0 Å². The Balaban J connectivity index is 0.00000225. The molecule has 0 spiro atoms. The third-order valence-corrected chi connectivity index (χ3v) is 2.08.